The third kappa shape index (κ3) is 3.20. The van der Waals surface area contributed by atoms with Gasteiger partial charge in [0.2, 0.25) is 6.04 Å². The summed E-state index contributed by atoms with van der Waals surface area (Å²) in [5, 5.41) is 10.5. The standard InChI is InChI=1S/C9H17NO2/c11-10(12)9-7-5-3-1-2-4-6-8-9/h9H,1-8H2. The van der Waals surface area contributed by atoms with E-state index < -0.39 is 0 Å². The zero-order valence-electron chi connectivity index (χ0n) is 7.50. The number of hydrogen-bond donors (Lipinski definition) is 0. The van der Waals surface area contributed by atoms with Crippen molar-refractivity contribution >= 4 is 0 Å². The van der Waals surface area contributed by atoms with Crippen molar-refractivity contribution in [1.29, 1.82) is 0 Å². The van der Waals surface area contributed by atoms with Crippen LogP contribution in [-0.2, 0) is 0 Å². The molecule has 1 aliphatic carbocycles. The van der Waals surface area contributed by atoms with Crippen LogP contribution in [0, 0.1) is 10.1 Å². The van der Waals surface area contributed by atoms with E-state index in [1.807, 2.05) is 0 Å². The van der Waals surface area contributed by atoms with Gasteiger partial charge in [0.05, 0.1) is 0 Å². The van der Waals surface area contributed by atoms with Gasteiger partial charge in [0, 0.05) is 17.8 Å². The lowest BCUT2D eigenvalue weighted by molar-refractivity contribution is -0.524. The zero-order valence-corrected chi connectivity index (χ0v) is 7.50. The van der Waals surface area contributed by atoms with Crippen molar-refractivity contribution in [2.75, 3.05) is 0 Å². The molecule has 1 fully saturated rings. The second-order valence-corrected chi connectivity index (χ2v) is 3.64. The zero-order chi connectivity index (χ0) is 8.81. The van der Waals surface area contributed by atoms with Crippen LogP contribution in [0.5, 0.6) is 0 Å². The topological polar surface area (TPSA) is 43.1 Å². The van der Waals surface area contributed by atoms with Gasteiger partial charge in [-0.25, -0.2) is 0 Å². The highest BCUT2D eigenvalue weighted by atomic mass is 16.6. The molecule has 0 atom stereocenters. The Kier molecular flexibility index (Phi) is 4.05. The molecule has 0 bridgehead atoms. The molecule has 0 unspecified atom stereocenters. The predicted molar refractivity (Wildman–Crippen MR) is 47.7 cm³/mol. The van der Waals surface area contributed by atoms with Gasteiger partial charge in [-0.3, -0.25) is 10.1 Å². The van der Waals surface area contributed by atoms with Gasteiger partial charge in [-0.15, -0.1) is 0 Å². The van der Waals surface area contributed by atoms with Crippen LogP contribution in [0.15, 0.2) is 0 Å². The molecule has 0 amide bonds. The van der Waals surface area contributed by atoms with Gasteiger partial charge >= 0.3 is 0 Å². The molecule has 3 heteroatoms. The van der Waals surface area contributed by atoms with E-state index in [9.17, 15) is 10.1 Å². The molecule has 0 aromatic rings. The molecule has 1 aliphatic rings. The third-order valence-electron chi connectivity index (χ3n) is 2.62. The summed E-state index contributed by atoms with van der Waals surface area (Å²) in [5.74, 6) is 0. The Morgan fingerprint density at radius 2 is 1.33 bits per heavy atom. The summed E-state index contributed by atoms with van der Waals surface area (Å²) in [5.41, 5.74) is 0. The van der Waals surface area contributed by atoms with Gasteiger partial charge in [0.1, 0.15) is 0 Å². The van der Waals surface area contributed by atoms with Crippen LogP contribution in [0.4, 0.5) is 0 Å². The maximum Gasteiger partial charge on any atom is 0.213 e. The summed E-state index contributed by atoms with van der Waals surface area (Å²) >= 11 is 0. The minimum atomic E-state index is -0.247. The van der Waals surface area contributed by atoms with Crippen molar-refractivity contribution in [2.45, 2.75) is 57.4 Å². The molecule has 0 aliphatic heterocycles. The molecule has 0 heterocycles. The highest BCUT2D eigenvalue weighted by Crippen LogP contribution is 2.18. The van der Waals surface area contributed by atoms with Crippen LogP contribution in [0.25, 0.3) is 0 Å². The minimum absolute atomic E-state index is 0.0919. The van der Waals surface area contributed by atoms with Gasteiger partial charge in [-0.05, 0) is 12.8 Å². The Morgan fingerprint density at radius 1 is 0.917 bits per heavy atom. The third-order valence-corrected chi connectivity index (χ3v) is 2.62. The SMILES string of the molecule is O=[N+]([O-])C1CCCCCCCC1. The first-order valence-electron chi connectivity index (χ1n) is 4.94. The fourth-order valence-electron chi connectivity index (χ4n) is 1.82. The maximum atomic E-state index is 10.5. The Labute approximate surface area is 73.3 Å². The first-order chi connectivity index (χ1) is 5.80. The predicted octanol–water partition coefficient (Wildman–Crippen LogP) is 2.77. The smallest absolute Gasteiger partial charge is 0.213 e. The molecule has 12 heavy (non-hydrogen) atoms. The van der Waals surface area contributed by atoms with E-state index in [0.29, 0.717) is 0 Å². The number of rotatable bonds is 1. The molecule has 0 N–H and O–H groups in total. The van der Waals surface area contributed by atoms with E-state index in [1.54, 1.807) is 0 Å². The maximum absolute atomic E-state index is 10.5. The molecule has 0 aromatic heterocycles. The van der Waals surface area contributed by atoms with E-state index in [-0.39, 0.29) is 11.0 Å². The van der Waals surface area contributed by atoms with Crippen molar-refractivity contribution in [3.63, 3.8) is 0 Å². The fourth-order valence-corrected chi connectivity index (χ4v) is 1.82. The van der Waals surface area contributed by atoms with Gasteiger partial charge < -0.3 is 0 Å². The van der Waals surface area contributed by atoms with Crippen LogP contribution < -0.4 is 0 Å². The summed E-state index contributed by atoms with van der Waals surface area (Å²) in [6.07, 6.45) is 8.60. The quantitative estimate of drug-likeness (QED) is 0.449. The minimum Gasteiger partial charge on any atom is -0.264 e. The molecule has 0 spiro atoms. The molecular formula is C9H17NO2. The van der Waals surface area contributed by atoms with E-state index in [0.717, 1.165) is 25.7 Å². The average Bonchev–Trinajstić information content (AvgIpc) is 2.15. The Morgan fingerprint density at radius 3 is 1.75 bits per heavy atom. The number of nitro groups is 1. The lowest BCUT2D eigenvalue weighted by atomic mass is 10.1. The Balaban J connectivity index is 2.33. The van der Waals surface area contributed by atoms with Crippen LogP contribution in [0.3, 0.4) is 0 Å². The Hall–Kier alpha value is -0.600. The van der Waals surface area contributed by atoms with Gasteiger partial charge in [-0.2, -0.15) is 0 Å². The summed E-state index contributed by atoms with van der Waals surface area (Å²) in [6, 6.07) is -0.247. The van der Waals surface area contributed by atoms with Gasteiger partial charge in [-0.1, -0.05) is 25.7 Å². The van der Waals surface area contributed by atoms with E-state index >= 15 is 0 Å². The first kappa shape index (κ1) is 9.49. The van der Waals surface area contributed by atoms with Gasteiger partial charge in [0.25, 0.3) is 0 Å². The lowest BCUT2D eigenvalue weighted by Gasteiger charge is -2.06. The second kappa shape index (κ2) is 5.12. The van der Waals surface area contributed by atoms with Crippen molar-refractivity contribution in [2.24, 2.45) is 0 Å². The summed E-state index contributed by atoms with van der Waals surface area (Å²) in [6.45, 7) is 0. The van der Waals surface area contributed by atoms with Crippen LogP contribution in [0.1, 0.15) is 51.4 Å². The fraction of sp³-hybridized carbons (Fsp3) is 1.00. The van der Waals surface area contributed by atoms with Crippen LogP contribution in [-0.4, -0.2) is 11.0 Å². The second-order valence-electron chi connectivity index (χ2n) is 3.64. The van der Waals surface area contributed by atoms with Crippen molar-refractivity contribution < 1.29 is 4.92 Å². The monoisotopic (exact) mass is 171 g/mol. The number of nitrogens with zero attached hydrogens (tertiary/aromatic N) is 1. The average molecular weight is 171 g/mol. The van der Waals surface area contributed by atoms with Crippen LogP contribution in [0.2, 0.25) is 0 Å². The highest BCUT2D eigenvalue weighted by molar-refractivity contribution is 4.60. The van der Waals surface area contributed by atoms with Crippen molar-refractivity contribution in [3.8, 4) is 0 Å². The summed E-state index contributed by atoms with van der Waals surface area (Å²) in [4.78, 5) is 10.4. The van der Waals surface area contributed by atoms with E-state index in [4.69, 9.17) is 0 Å². The van der Waals surface area contributed by atoms with E-state index in [2.05, 4.69) is 0 Å². The molecule has 0 saturated heterocycles. The highest BCUT2D eigenvalue weighted by Gasteiger charge is 2.19. The van der Waals surface area contributed by atoms with E-state index in [1.165, 1.54) is 25.7 Å². The molecule has 0 aromatic carbocycles. The van der Waals surface area contributed by atoms with Crippen molar-refractivity contribution in [1.82, 2.24) is 0 Å². The molecule has 0 radical (unpaired) electrons. The van der Waals surface area contributed by atoms with Gasteiger partial charge in [0.15, 0.2) is 0 Å². The first-order valence-corrected chi connectivity index (χ1v) is 4.94. The number of hydrogen-bond acceptors (Lipinski definition) is 2. The molecule has 1 rings (SSSR count). The summed E-state index contributed by atoms with van der Waals surface area (Å²) < 4.78 is 0. The summed E-state index contributed by atoms with van der Waals surface area (Å²) in [7, 11) is 0. The van der Waals surface area contributed by atoms with Crippen molar-refractivity contribution in [3.05, 3.63) is 10.1 Å². The molecular weight excluding hydrogens is 154 g/mol. The lowest BCUT2D eigenvalue weighted by Crippen LogP contribution is -2.18. The largest absolute Gasteiger partial charge is 0.264 e. The molecule has 70 valence electrons. The Bertz CT molecular complexity index is 137. The normalized spacial score (nSPS) is 22.3. The molecule has 3 nitrogen and oxygen atoms in total. The van der Waals surface area contributed by atoms with Crippen LogP contribution >= 0.6 is 0 Å². The molecule has 1 saturated carbocycles.